The molecule has 1 aliphatic rings. The lowest BCUT2D eigenvalue weighted by molar-refractivity contribution is 0.215. The second-order valence-electron chi connectivity index (χ2n) is 8.33. The highest BCUT2D eigenvalue weighted by Gasteiger charge is 2.15. The second kappa shape index (κ2) is 11.0. The van der Waals surface area contributed by atoms with Crippen molar-refractivity contribution in [3.8, 4) is 11.6 Å². The minimum atomic E-state index is -0.121. The predicted molar refractivity (Wildman–Crippen MR) is 132 cm³/mol. The van der Waals surface area contributed by atoms with E-state index in [1.807, 2.05) is 25.1 Å². The van der Waals surface area contributed by atoms with Crippen LogP contribution in [0, 0.1) is 6.92 Å². The van der Waals surface area contributed by atoms with Gasteiger partial charge in [0.25, 0.3) is 0 Å². The molecule has 0 atom stereocenters. The number of nitrogens with one attached hydrogen (secondary N) is 1. The van der Waals surface area contributed by atoms with E-state index >= 15 is 0 Å². The number of fused-ring (bicyclic) bond motifs is 1. The maximum Gasteiger partial charge on any atom is 0.326 e. The van der Waals surface area contributed by atoms with Gasteiger partial charge in [0, 0.05) is 17.6 Å². The summed E-state index contributed by atoms with van der Waals surface area (Å²) in [6.45, 7) is 6.10. The van der Waals surface area contributed by atoms with Gasteiger partial charge in [-0.05, 0) is 76.5 Å². The molecular formula is C24H31N7O3. The predicted octanol–water partition coefficient (Wildman–Crippen LogP) is 3.53. The van der Waals surface area contributed by atoms with Gasteiger partial charge in [-0.25, -0.2) is 14.8 Å². The van der Waals surface area contributed by atoms with Crippen LogP contribution in [0.4, 0.5) is 10.6 Å². The number of nitrogens with zero attached hydrogens (tertiary/aromatic N) is 5. The van der Waals surface area contributed by atoms with E-state index in [2.05, 4.69) is 25.3 Å². The first-order valence-corrected chi connectivity index (χ1v) is 11.5. The van der Waals surface area contributed by atoms with E-state index in [9.17, 15) is 4.79 Å². The fraction of sp³-hybridized carbons (Fsp3) is 0.417. The normalized spacial score (nSPS) is 14.2. The van der Waals surface area contributed by atoms with Crippen molar-refractivity contribution in [2.75, 3.05) is 39.0 Å². The van der Waals surface area contributed by atoms with Gasteiger partial charge in [0.15, 0.2) is 0 Å². The number of rotatable bonds is 9. The number of aryl methyl sites for hydroxylation is 1. The third-order valence-electron chi connectivity index (χ3n) is 5.92. The number of ether oxygens (including phenoxy) is 1. The molecule has 2 aromatic heterocycles. The molecule has 0 radical (unpaired) electrons. The van der Waals surface area contributed by atoms with Crippen molar-refractivity contribution in [1.29, 1.82) is 0 Å². The molecule has 180 valence electrons. The summed E-state index contributed by atoms with van der Waals surface area (Å²) in [5.41, 5.74) is 8.00. The Morgan fingerprint density at radius 2 is 2.06 bits per heavy atom. The summed E-state index contributed by atoms with van der Waals surface area (Å²) in [5, 5.41) is 7.66. The number of hydrogen-bond acceptors (Lipinski definition) is 8. The molecular weight excluding hydrogens is 434 g/mol. The van der Waals surface area contributed by atoms with Crippen molar-refractivity contribution in [3.05, 3.63) is 41.9 Å². The maximum atomic E-state index is 12.9. The number of amides is 1. The highest BCUT2D eigenvalue weighted by molar-refractivity contribution is 5.93. The van der Waals surface area contributed by atoms with E-state index in [1.54, 1.807) is 10.6 Å². The van der Waals surface area contributed by atoms with Gasteiger partial charge in [-0.3, -0.25) is 4.57 Å². The number of hydrogen-bond donors (Lipinski definition) is 2. The first-order valence-electron chi connectivity index (χ1n) is 11.5. The van der Waals surface area contributed by atoms with Crippen molar-refractivity contribution >= 4 is 29.0 Å². The van der Waals surface area contributed by atoms with Gasteiger partial charge >= 0.3 is 6.03 Å². The number of unbranched alkanes of at least 4 members (excludes halogenated alkanes) is 1. The molecule has 4 rings (SSSR count). The van der Waals surface area contributed by atoms with Gasteiger partial charge in [-0.15, -0.1) is 0 Å². The lowest BCUT2D eigenvalue weighted by Crippen LogP contribution is -2.30. The summed E-state index contributed by atoms with van der Waals surface area (Å²) in [5.74, 6) is 1.04. The lowest BCUT2D eigenvalue weighted by atomic mass is 10.2. The lowest BCUT2D eigenvalue weighted by Gasteiger charge is -2.14. The number of carbonyl (C=O) groups excluding carboxylic acids is 1. The Labute approximate surface area is 198 Å². The number of likely N-dealkylation sites (tertiary alicyclic amines) is 1. The summed E-state index contributed by atoms with van der Waals surface area (Å²) in [6, 6.07) is 7.34. The van der Waals surface area contributed by atoms with E-state index in [1.165, 1.54) is 45.6 Å². The smallest absolute Gasteiger partial charge is 0.326 e. The van der Waals surface area contributed by atoms with Crippen LogP contribution in [0.5, 0.6) is 11.6 Å². The maximum absolute atomic E-state index is 12.9. The molecule has 1 aliphatic heterocycles. The highest BCUT2D eigenvalue weighted by Crippen LogP contribution is 2.29. The quantitative estimate of drug-likeness (QED) is 0.282. The summed E-state index contributed by atoms with van der Waals surface area (Å²) in [6.07, 6.45) is 7.40. The summed E-state index contributed by atoms with van der Waals surface area (Å²) in [7, 11) is 1.43. The zero-order valence-electron chi connectivity index (χ0n) is 19.7. The van der Waals surface area contributed by atoms with Crippen molar-refractivity contribution in [1.82, 2.24) is 24.8 Å². The number of carbonyl (C=O) groups is 1. The van der Waals surface area contributed by atoms with Crippen LogP contribution in [0.1, 0.15) is 36.9 Å². The molecule has 10 nitrogen and oxygen atoms in total. The van der Waals surface area contributed by atoms with Crippen LogP contribution in [0.2, 0.25) is 0 Å². The summed E-state index contributed by atoms with van der Waals surface area (Å²) in [4.78, 5) is 28.2. The average molecular weight is 466 g/mol. The molecule has 0 aliphatic carbocycles. The molecule has 0 spiro atoms. The minimum Gasteiger partial charge on any atom is -0.438 e. The number of nitrogen functional groups attached to an aromatic ring is 1. The van der Waals surface area contributed by atoms with Crippen LogP contribution in [0.3, 0.4) is 0 Å². The van der Waals surface area contributed by atoms with E-state index in [4.69, 9.17) is 15.3 Å². The molecule has 10 heteroatoms. The zero-order chi connectivity index (χ0) is 23.9. The van der Waals surface area contributed by atoms with Crippen LogP contribution < -0.4 is 15.8 Å². The Balaban J connectivity index is 1.42. The molecule has 0 unspecified atom stereocenters. The fourth-order valence-electron chi connectivity index (χ4n) is 4.22. The fourth-order valence-corrected chi connectivity index (χ4v) is 4.22. The molecule has 1 fully saturated rings. The van der Waals surface area contributed by atoms with Gasteiger partial charge in [0.1, 0.15) is 30.6 Å². The van der Waals surface area contributed by atoms with Crippen LogP contribution in [-0.2, 0) is 4.84 Å². The molecule has 1 aromatic carbocycles. The number of anilines is 1. The highest BCUT2D eigenvalue weighted by atomic mass is 16.6. The Hall–Kier alpha value is -3.66. The standard InChI is InChI=1S/C24H31N7O3/c1-17-13-18-14-19(34-23-20(15-29-33-2)22(25)27-16-28-23)7-8-21(18)31(17)24(32)26-9-3-4-10-30-11-5-6-12-30/h7-8,13-16H,3-6,9-12H2,1-2H3,(H,26,32)(H2,25,27,28)/b29-15+. The zero-order valence-corrected chi connectivity index (χ0v) is 19.7. The van der Waals surface area contributed by atoms with Crippen LogP contribution in [0.25, 0.3) is 10.9 Å². The van der Waals surface area contributed by atoms with Gasteiger partial charge in [-0.1, -0.05) is 5.16 Å². The van der Waals surface area contributed by atoms with Crippen molar-refractivity contribution in [2.45, 2.75) is 32.6 Å². The third-order valence-corrected chi connectivity index (χ3v) is 5.92. The largest absolute Gasteiger partial charge is 0.438 e. The van der Waals surface area contributed by atoms with E-state index in [-0.39, 0.29) is 17.7 Å². The van der Waals surface area contributed by atoms with Gasteiger partial charge < -0.3 is 25.5 Å². The number of benzene rings is 1. The van der Waals surface area contributed by atoms with Crippen molar-refractivity contribution in [2.24, 2.45) is 5.16 Å². The molecule has 34 heavy (non-hydrogen) atoms. The monoisotopic (exact) mass is 465 g/mol. The first kappa shape index (κ1) is 23.5. The Kier molecular flexibility index (Phi) is 7.58. The number of nitrogens with two attached hydrogens (primary N) is 1. The van der Waals surface area contributed by atoms with Crippen molar-refractivity contribution in [3.63, 3.8) is 0 Å². The number of aromatic nitrogens is 3. The van der Waals surface area contributed by atoms with E-state index in [0.717, 1.165) is 36.0 Å². The molecule has 0 bridgehead atoms. The van der Waals surface area contributed by atoms with Crippen molar-refractivity contribution < 1.29 is 14.4 Å². The molecule has 1 amide bonds. The van der Waals surface area contributed by atoms with E-state index < -0.39 is 0 Å². The average Bonchev–Trinajstić information content (AvgIpc) is 3.45. The van der Waals surface area contributed by atoms with E-state index in [0.29, 0.717) is 17.9 Å². The van der Waals surface area contributed by atoms with Gasteiger partial charge in [0.05, 0.1) is 11.7 Å². The Morgan fingerprint density at radius 1 is 1.24 bits per heavy atom. The van der Waals surface area contributed by atoms with Crippen LogP contribution >= 0.6 is 0 Å². The Bertz CT molecular complexity index is 1170. The molecule has 0 saturated carbocycles. The first-order chi connectivity index (χ1) is 16.6. The minimum absolute atomic E-state index is 0.121. The number of oxime groups is 1. The Morgan fingerprint density at radius 3 is 2.85 bits per heavy atom. The molecule has 3 heterocycles. The summed E-state index contributed by atoms with van der Waals surface area (Å²) < 4.78 is 7.64. The molecule has 1 saturated heterocycles. The second-order valence-corrected chi connectivity index (χ2v) is 8.33. The van der Waals surface area contributed by atoms with Gasteiger partial charge in [0.2, 0.25) is 5.88 Å². The molecule has 3 aromatic rings. The van der Waals surface area contributed by atoms with Crippen LogP contribution in [0.15, 0.2) is 35.7 Å². The topological polar surface area (TPSA) is 120 Å². The summed E-state index contributed by atoms with van der Waals surface area (Å²) >= 11 is 0. The molecule has 3 N–H and O–H groups in total. The van der Waals surface area contributed by atoms with Crippen LogP contribution in [-0.4, -0.2) is 65.0 Å². The SMILES string of the molecule is CO/N=C/c1c(N)ncnc1Oc1ccc2c(c1)cc(C)n2C(=O)NCCCCN1CCCC1. The third kappa shape index (κ3) is 5.45. The van der Waals surface area contributed by atoms with Gasteiger partial charge in [-0.2, -0.15) is 0 Å².